The molecule has 0 atom stereocenters. The summed E-state index contributed by atoms with van der Waals surface area (Å²) in [4.78, 5) is 28.2. The quantitative estimate of drug-likeness (QED) is 0.781. The Morgan fingerprint density at radius 2 is 1.80 bits per heavy atom. The van der Waals surface area contributed by atoms with E-state index in [1.165, 1.54) is 12.4 Å². The number of halogens is 1. The molecule has 3 rings (SSSR count). The lowest BCUT2D eigenvalue weighted by atomic mass is 10.2. The van der Waals surface area contributed by atoms with Crippen LogP contribution in [0.2, 0.25) is 5.15 Å². The Bertz CT molecular complexity index is 775. The average molecular weight is 286 g/mol. The van der Waals surface area contributed by atoms with Crippen LogP contribution in [0.5, 0.6) is 0 Å². The highest BCUT2D eigenvalue weighted by molar-refractivity contribution is 6.29. The number of rotatable bonds is 2. The monoisotopic (exact) mass is 285 g/mol. The number of benzene rings is 1. The molecule has 0 spiro atoms. The number of hydrogen-bond acceptors (Lipinski definition) is 5. The van der Waals surface area contributed by atoms with Crippen molar-refractivity contribution in [2.75, 3.05) is 5.32 Å². The molecular weight excluding hydrogens is 278 g/mol. The van der Waals surface area contributed by atoms with Gasteiger partial charge in [-0.05, 0) is 18.2 Å². The van der Waals surface area contributed by atoms with E-state index in [1.54, 1.807) is 30.6 Å². The van der Waals surface area contributed by atoms with Gasteiger partial charge in [-0.1, -0.05) is 11.6 Å². The Kier molecular flexibility index (Phi) is 3.22. The molecule has 1 amide bonds. The minimum Gasteiger partial charge on any atom is -0.305 e. The second-order valence-electron chi connectivity index (χ2n) is 3.94. The molecule has 0 radical (unpaired) electrons. The molecule has 0 aliphatic heterocycles. The average Bonchev–Trinajstić information content (AvgIpc) is 2.49. The molecule has 20 heavy (non-hydrogen) atoms. The molecule has 6 nitrogen and oxygen atoms in total. The topological polar surface area (TPSA) is 80.7 Å². The summed E-state index contributed by atoms with van der Waals surface area (Å²) in [6.07, 6.45) is 5.93. The Morgan fingerprint density at radius 1 is 1.00 bits per heavy atom. The van der Waals surface area contributed by atoms with Gasteiger partial charge in [0.25, 0.3) is 5.91 Å². The van der Waals surface area contributed by atoms with Gasteiger partial charge in [-0.25, -0.2) is 9.97 Å². The van der Waals surface area contributed by atoms with Gasteiger partial charge in [0.15, 0.2) is 5.82 Å². The molecular formula is C13H8ClN5O. The second-order valence-corrected chi connectivity index (χ2v) is 4.33. The number of hydrogen-bond donors (Lipinski definition) is 1. The molecule has 0 fully saturated rings. The molecule has 2 aromatic heterocycles. The highest BCUT2D eigenvalue weighted by Gasteiger charge is 2.08. The summed E-state index contributed by atoms with van der Waals surface area (Å²) in [7, 11) is 0. The van der Waals surface area contributed by atoms with Gasteiger partial charge in [0.05, 0.1) is 23.4 Å². The maximum atomic E-state index is 12.1. The Morgan fingerprint density at radius 3 is 2.55 bits per heavy atom. The number of nitrogens with one attached hydrogen (secondary N) is 1. The van der Waals surface area contributed by atoms with E-state index in [0.29, 0.717) is 16.9 Å². The van der Waals surface area contributed by atoms with Crippen LogP contribution in [-0.4, -0.2) is 25.8 Å². The van der Waals surface area contributed by atoms with E-state index < -0.39 is 0 Å². The molecule has 0 aliphatic rings. The summed E-state index contributed by atoms with van der Waals surface area (Å²) in [5.74, 6) is 0.0350. The Balaban J connectivity index is 1.86. The van der Waals surface area contributed by atoms with Crippen molar-refractivity contribution in [1.29, 1.82) is 0 Å². The molecule has 7 heteroatoms. The van der Waals surface area contributed by atoms with Crippen LogP contribution in [0.25, 0.3) is 11.0 Å². The van der Waals surface area contributed by atoms with Crippen molar-refractivity contribution >= 4 is 34.4 Å². The van der Waals surface area contributed by atoms with Crippen LogP contribution in [0.15, 0.2) is 43.0 Å². The third-order valence-electron chi connectivity index (χ3n) is 2.59. The molecule has 0 unspecified atom stereocenters. The first-order valence-electron chi connectivity index (χ1n) is 5.72. The number of fused-ring (bicyclic) bond motifs is 1. The first-order valence-corrected chi connectivity index (χ1v) is 6.10. The molecule has 0 bridgehead atoms. The van der Waals surface area contributed by atoms with Gasteiger partial charge in [0, 0.05) is 18.0 Å². The summed E-state index contributed by atoms with van der Waals surface area (Å²) >= 11 is 5.63. The maximum absolute atomic E-state index is 12.1. The van der Waals surface area contributed by atoms with Crippen LogP contribution >= 0.6 is 11.6 Å². The normalized spacial score (nSPS) is 10.4. The molecule has 0 saturated carbocycles. The molecule has 2 heterocycles. The van der Waals surface area contributed by atoms with Crippen molar-refractivity contribution in [3.8, 4) is 0 Å². The maximum Gasteiger partial charge on any atom is 0.256 e. The Hall–Kier alpha value is -2.60. The molecule has 3 aromatic rings. The van der Waals surface area contributed by atoms with E-state index in [9.17, 15) is 4.79 Å². The summed E-state index contributed by atoms with van der Waals surface area (Å²) in [5.41, 5.74) is 1.85. The second kappa shape index (κ2) is 5.18. The lowest BCUT2D eigenvalue weighted by Gasteiger charge is -2.04. The van der Waals surface area contributed by atoms with E-state index in [0.717, 1.165) is 5.52 Å². The zero-order chi connectivity index (χ0) is 13.9. The van der Waals surface area contributed by atoms with E-state index >= 15 is 0 Å². The fourth-order valence-corrected chi connectivity index (χ4v) is 1.77. The number of nitrogens with zero attached hydrogens (tertiary/aromatic N) is 4. The van der Waals surface area contributed by atoms with Crippen molar-refractivity contribution in [2.24, 2.45) is 0 Å². The van der Waals surface area contributed by atoms with Crippen LogP contribution in [0, 0.1) is 0 Å². The van der Waals surface area contributed by atoms with Crippen LogP contribution in [0.1, 0.15) is 10.4 Å². The first kappa shape index (κ1) is 12.4. The number of carbonyl (C=O) groups excluding carboxylic acids is 1. The fourth-order valence-electron chi connectivity index (χ4n) is 1.67. The number of aromatic nitrogens is 4. The predicted octanol–water partition coefficient (Wildman–Crippen LogP) is 2.33. The highest BCUT2D eigenvalue weighted by Crippen LogP contribution is 2.13. The summed E-state index contributed by atoms with van der Waals surface area (Å²) in [6, 6.07) is 5.08. The van der Waals surface area contributed by atoms with Crippen molar-refractivity contribution in [1.82, 2.24) is 19.9 Å². The van der Waals surface area contributed by atoms with Gasteiger partial charge in [-0.2, -0.15) is 0 Å². The van der Waals surface area contributed by atoms with E-state index in [2.05, 4.69) is 25.3 Å². The van der Waals surface area contributed by atoms with Crippen LogP contribution < -0.4 is 5.32 Å². The van der Waals surface area contributed by atoms with Crippen LogP contribution in [0.4, 0.5) is 5.82 Å². The molecule has 0 saturated heterocycles. The van der Waals surface area contributed by atoms with E-state index in [4.69, 9.17) is 11.6 Å². The zero-order valence-electron chi connectivity index (χ0n) is 10.1. The lowest BCUT2D eigenvalue weighted by Crippen LogP contribution is -2.13. The summed E-state index contributed by atoms with van der Waals surface area (Å²) in [5, 5.41) is 2.90. The number of anilines is 1. The van der Waals surface area contributed by atoms with E-state index in [-0.39, 0.29) is 11.1 Å². The largest absolute Gasteiger partial charge is 0.305 e. The minimum absolute atomic E-state index is 0.268. The third kappa shape index (κ3) is 2.55. The van der Waals surface area contributed by atoms with Crippen molar-refractivity contribution < 1.29 is 4.79 Å². The smallest absolute Gasteiger partial charge is 0.256 e. The van der Waals surface area contributed by atoms with Gasteiger partial charge in [0.2, 0.25) is 0 Å². The van der Waals surface area contributed by atoms with Gasteiger partial charge in [-0.3, -0.25) is 14.8 Å². The summed E-state index contributed by atoms with van der Waals surface area (Å²) in [6.45, 7) is 0. The zero-order valence-corrected chi connectivity index (χ0v) is 10.9. The van der Waals surface area contributed by atoms with Gasteiger partial charge < -0.3 is 5.32 Å². The first-order chi connectivity index (χ1) is 9.72. The van der Waals surface area contributed by atoms with Gasteiger partial charge >= 0.3 is 0 Å². The number of carbonyl (C=O) groups is 1. The lowest BCUT2D eigenvalue weighted by molar-refractivity contribution is 0.102. The van der Waals surface area contributed by atoms with Gasteiger partial charge in [-0.15, -0.1) is 0 Å². The fraction of sp³-hybridized carbons (Fsp3) is 0. The highest BCUT2D eigenvalue weighted by atomic mass is 35.5. The van der Waals surface area contributed by atoms with Crippen molar-refractivity contribution in [2.45, 2.75) is 0 Å². The SMILES string of the molecule is O=C(Nc1cnc(Cl)cn1)c1ccc2nccnc2c1. The van der Waals surface area contributed by atoms with E-state index in [1.807, 2.05) is 0 Å². The van der Waals surface area contributed by atoms with Gasteiger partial charge in [0.1, 0.15) is 5.15 Å². The van der Waals surface area contributed by atoms with Crippen molar-refractivity contribution in [3.05, 3.63) is 53.7 Å². The van der Waals surface area contributed by atoms with Crippen LogP contribution in [0.3, 0.4) is 0 Å². The number of amides is 1. The molecule has 0 aliphatic carbocycles. The summed E-state index contributed by atoms with van der Waals surface area (Å²) < 4.78 is 0. The predicted molar refractivity (Wildman–Crippen MR) is 74.5 cm³/mol. The minimum atomic E-state index is -0.297. The molecule has 1 N–H and O–H groups in total. The molecule has 1 aromatic carbocycles. The van der Waals surface area contributed by atoms with Crippen LogP contribution in [-0.2, 0) is 0 Å². The Labute approximate surface area is 118 Å². The van der Waals surface area contributed by atoms with Crippen molar-refractivity contribution in [3.63, 3.8) is 0 Å². The molecule has 98 valence electrons. The third-order valence-corrected chi connectivity index (χ3v) is 2.79. The standard InChI is InChI=1S/C13H8ClN5O/c14-11-6-18-12(7-17-11)19-13(20)8-1-2-9-10(5-8)16-4-3-15-9/h1-7H,(H,18,19,20).